The average Bonchev–Trinajstić information content (AvgIpc) is 2.83. The molecule has 4 rings (SSSR count). The molecule has 1 aromatic carbocycles. The zero-order valence-electron chi connectivity index (χ0n) is 10.9. The second-order valence-corrected chi connectivity index (χ2v) is 6.09. The van der Waals surface area contributed by atoms with Gasteiger partial charge in [-0.1, -0.05) is 64.5 Å². The molecule has 98 valence electrons. The summed E-state index contributed by atoms with van der Waals surface area (Å²) in [6.07, 6.45) is 17.6. The molecule has 0 saturated heterocycles. The maximum atomic E-state index is 3.51. The van der Waals surface area contributed by atoms with Crippen LogP contribution < -0.4 is 4.90 Å². The van der Waals surface area contributed by atoms with Crippen molar-refractivity contribution >= 4 is 21.6 Å². The summed E-state index contributed by atoms with van der Waals surface area (Å²) >= 11 is 3.51. The van der Waals surface area contributed by atoms with E-state index in [1.807, 2.05) is 0 Å². The highest BCUT2D eigenvalue weighted by molar-refractivity contribution is 9.10. The van der Waals surface area contributed by atoms with E-state index >= 15 is 0 Å². The average molecular weight is 324 g/mol. The first kappa shape index (κ1) is 12.0. The van der Waals surface area contributed by atoms with Gasteiger partial charge in [-0.05, 0) is 35.4 Å². The smallest absolute Gasteiger partial charge is 0.0742 e. The molecule has 0 fully saturated rings. The lowest BCUT2D eigenvalue weighted by Gasteiger charge is -2.32. The highest BCUT2D eigenvalue weighted by Gasteiger charge is 2.37. The summed E-state index contributed by atoms with van der Waals surface area (Å²) in [6.45, 7) is 0. The summed E-state index contributed by atoms with van der Waals surface area (Å²) in [4.78, 5) is 2.48. The van der Waals surface area contributed by atoms with Gasteiger partial charge in [0.1, 0.15) is 0 Å². The number of allylic oxidation sites excluding steroid dienone is 4. The fourth-order valence-electron chi connectivity index (χ4n) is 3.19. The summed E-state index contributed by atoms with van der Waals surface area (Å²) in [7, 11) is 0. The molecule has 0 saturated carbocycles. The zero-order chi connectivity index (χ0) is 13.5. The largest absolute Gasteiger partial charge is 0.350 e. The number of hydrogen-bond donors (Lipinski definition) is 0. The lowest BCUT2D eigenvalue weighted by atomic mass is 9.96. The molecular weight excluding hydrogens is 310 g/mol. The first-order chi connectivity index (χ1) is 9.84. The Kier molecular flexibility index (Phi) is 2.78. The van der Waals surface area contributed by atoms with Gasteiger partial charge in [0.25, 0.3) is 0 Å². The Morgan fingerprint density at radius 1 is 0.750 bits per heavy atom. The van der Waals surface area contributed by atoms with E-state index in [0.29, 0.717) is 12.1 Å². The quantitative estimate of drug-likeness (QED) is 0.732. The van der Waals surface area contributed by atoms with Gasteiger partial charge in [0.15, 0.2) is 0 Å². The minimum Gasteiger partial charge on any atom is -0.350 e. The Morgan fingerprint density at radius 2 is 1.30 bits per heavy atom. The highest BCUT2D eigenvalue weighted by atomic mass is 79.9. The number of rotatable bonds is 1. The first-order valence-corrected chi connectivity index (χ1v) is 7.61. The molecule has 0 amide bonds. The monoisotopic (exact) mass is 323 g/mol. The van der Waals surface area contributed by atoms with Crippen LogP contribution in [0.3, 0.4) is 0 Å². The van der Waals surface area contributed by atoms with Crippen LogP contribution in [0.5, 0.6) is 0 Å². The summed E-state index contributed by atoms with van der Waals surface area (Å²) < 4.78 is 1.12. The van der Waals surface area contributed by atoms with Crippen LogP contribution in [0.2, 0.25) is 0 Å². The van der Waals surface area contributed by atoms with Crippen LogP contribution in [0.15, 0.2) is 88.5 Å². The minimum atomic E-state index is 0.341. The molecule has 0 spiro atoms. The second-order valence-electron chi connectivity index (χ2n) is 5.17. The van der Waals surface area contributed by atoms with Gasteiger partial charge in [-0.25, -0.2) is 0 Å². The van der Waals surface area contributed by atoms with E-state index < -0.39 is 0 Å². The number of anilines is 1. The van der Waals surface area contributed by atoms with Gasteiger partial charge in [0.2, 0.25) is 0 Å². The minimum absolute atomic E-state index is 0.341. The molecule has 2 unspecified atom stereocenters. The molecule has 2 heteroatoms. The zero-order valence-corrected chi connectivity index (χ0v) is 12.5. The maximum absolute atomic E-state index is 3.51. The molecule has 2 atom stereocenters. The van der Waals surface area contributed by atoms with Crippen LogP contribution >= 0.6 is 15.9 Å². The molecule has 1 aromatic rings. The molecule has 0 radical (unpaired) electrons. The van der Waals surface area contributed by atoms with E-state index in [4.69, 9.17) is 0 Å². The van der Waals surface area contributed by atoms with Crippen molar-refractivity contribution in [3.63, 3.8) is 0 Å². The van der Waals surface area contributed by atoms with Crippen molar-refractivity contribution in [3.05, 3.63) is 88.5 Å². The summed E-state index contributed by atoms with van der Waals surface area (Å²) in [5, 5.41) is 0. The predicted molar refractivity (Wildman–Crippen MR) is 87.8 cm³/mol. The summed E-state index contributed by atoms with van der Waals surface area (Å²) in [5.41, 5.74) is 4.10. The molecule has 0 aromatic heterocycles. The molecule has 20 heavy (non-hydrogen) atoms. The van der Waals surface area contributed by atoms with Gasteiger partial charge in [-0.15, -0.1) is 0 Å². The number of fused-ring (bicyclic) bond motifs is 2. The lowest BCUT2D eigenvalue weighted by molar-refractivity contribution is 0.789. The third-order valence-electron chi connectivity index (χ3n) is 4.06. The van der Waals surface area contributed by atoms with Gasteiger partial charge >= 0.3 is 0 Å². The van der Waals surface area contributed by atoms with E-state index in [1.54, 1.807) is 0 Å². The van der Waals surface area contributed by atoms with E-state index in [9.17, 15) is 0 Å². The third-order valence-corrected chi connectivity index (χ3v) is 4.58. The normalized spacial score (nSPS) is 26.1. The fraction of sp³-hybridized carbons (Fsp3) is 0.111. The number of hydrogen-bond acceptors (Lipinski definition) is 1. The van der Waals surface area contributed by atoms with Gasteiger partial charge in [0, 0.05) is 10.2 Å². The Labute approximate surface area is 127 Å². The number of halogens is 1. The molecule has 2 aliphatic carbocycles. The van der Waals surface area contributed by atoms with Crippen LogP contribution in [0, 0.1) is 0 Å². The lowest BCUT2D eigenvalue weighted by Crippen LogP contribution is -2.37. The van der Waals surface area contributed by atoms with E-state index in [0.717, 1.165) is 4.47 Å². The molecule has 0 N–H and O–H groups in total. The molecule has 1 nitrogen and oxygen atoms in total. The van der Waals surface area contributed by atoms with Gasteiger partial charge in [0.05, 0.1) is 12.1 Å². The third kappa shape index (κ3) is 1.75. The Hall–Kier alpha value is -1.80. The van der Waals surface area contributed by atoms with Crippen molar-refractivity contribution in [1.82, 2.24) is 0 Å². The van der Waals surface area contributed by atoms with E-state index in [2.05, 4.69) is 93.7 Å². The molecule has 1 heterocycles. The predicted octanol–water partition coefficient (Wildman–Crippen LogP) is 4.55. The van der Waals surface area contributed by atoms with Crippen molar-refractivity contribution in [2.45, 2.75) is 12.1 Å². The highest BCUT2D eigenvalue weighted by Crippen LogP contribution is 2.40. The SMILES string of the molecule is Brc1ccc(N2C3C=CC=CC3=C3C=CC=CC32)cc1. The standard InChI is InChI=1S/C18H14BrN/c19-13-9-11-14(12-10-13)20-17-7-3-1-5-15(17)16-6-2-4-8-18(16)20/h1-12,17-18H. The molecule has 1 aliphatic heterocycles. The van der Waals surface area contributed by atoms with Crippen LogP contribution in [-0.2, 0) is 0 Å². The van der Waals surface area contributed by atoms with Crippen molar-refractivity contribution in [2.75, 3.05) is 4.90 Å². The van der Waals surface area contributed by atoms with Gasteiger partial charge in [-0.3, -0.25) is 0 Å². The maximum Gasteiger partial charge on any atom is 0.0742 e. The summed E-state index contributed by atoms with van der Waals surface area (Å²) in [5.74, 6) is 0. The van der Waals surface area contributed by atoms with Crippen LogP contribution in [0.25, 0.3) is 0 Å². The van der Waals surface area contributed by atoms with Crippen LogP contribution in [0.4, 0.5) is 5.69 Å². The van der Waals surface area contributed by atoms with E-state index in [1.165, 1.54) is 16.8 Å². The van der Waals surface area contributed by atoms with Crippen molar-refractivity contribution in [3.8, 4) is 0 Å². The number of nitrogens with zero attached hydrogens (tertiary/aromatic N) is 1. The number of benzene rings is 1. The first-order valence-electron chi connectivity index (χ1n) is 6.82. The topological polar surface area (TPSA) is 3.24 Å². The van der Waals surface area contributed by atoms with Crippen LogP contribution in [0.1, 0.15) is 0 Å². The fourth-order valence-corrected chi connectivity index (χ4v) is 3.45. The molecular formula is C18H14BrN. The molecule has 0 bridgehead atoms. The van der Waals surface area contributed by atoms with Crippen molar-refractivity contribution in [1.29, 1.82) is 0 Å². The van der Waals surface area contributed by atoms with E-state index in [-0.39, 0.29) is 0 Å². The Balaban J connectivity index is 1.83. The van der Waals surface area contributed by atoms with Crippen molar-refractivity contribution in [2.24, 2.45) is 0 Å². The Morgan fingerprint density at radius 3 is 1.85 bits per heavy atom. The van der Waals surface area contributed by atoms with Gasteiger partial charge in [-0.2, -0.15) is 0 Å². The van der Waals surface area contributed by atoms with Gasteiger partial charge < -0.3 is 4.90 Å². The van der Waals surface area contributed by atoms with Crippen molar-refractivity contribution < 1.29 is 0 Å². The van der Waals surface area contributed by atoms with Crippen LogP contribution in [-0.4, -0.2) is 12.1 Å². The second kappa shape index (κ2) is 4.64. The Bertz CT molecular complexity index is 651. The molecule has 3 aliphatic rings. The summed E-state index contributed by atoms with van der Waals surface area (Å²) in [6, 6.07) is 9.27.